The molecule has 2 aromatic carbocycles. The van der Waals surface area contributed by atoms with Crippen molar-refractivity contribution in [3.05, 3.63) is 71.9 Å². The third-order valence-corrected chi connectivity index (χ3v) is 6.87. The minimum absolute atomic E-state index is 0.140. The van der Waals surface area contributed by atoms with Crippen molar-refractivity contribution < 1.29 is 9.53 Å². The van der Waals surface area contributed by atoms with Crippen molar-refractivity contribution in [2.24, 2.45) is 0 Å². The number of likely N-dealkylation sites (tertiary alicyclic amines) is 1. The van der Waals surface area contributed by atoms with E-state index in [2.05, 4.69) is 54.3 Å². The molecule has 0 saturated carbocycles. The highest BCUT2D eigenvalue weighted by molar-refractivity contribution is 5.98. The summed E-state index contributed by atoms with van der Waals surface area (Å²) in [6.07, 6.45) is 1.87. The van der Waals surface area contributed by atoms with Gasteiger partial charge in [-0.1, -0.05) is 36.9 Å². The van der Waals surface area contributed by atoms with Gasteiger partial charge in [-0.2, -0.15) is 5.26 Å². The van der Waals surface area contributed by atoms with Crippen molar-refractivity contribution >= 4 is 22.4 Å². The van der Waals surface area contributed by atoms with Gasteiger partial charge in [0.25, 0.3) is 5.91 Å². The quantitative estimate of drug-likeness (QED) is 0.449. The SMILES string of the molecule is C=C(C#N)CNc1c(COC)ccc2ccc(-c3cccc(C(=O)N[C@@H]4CCN(C)[C@@H](C)C4)n3)cc12. The highest BCUT2D eigenvalue weighted by Gasteiger charge is 2.24. The number of nitrogens with zero attached hydrogens (tertiary/aromatic N) is 3. The second-order valence-corrected chi connectivity index (χ2v) is 9.47. The number of fused-ring (bicyclic) bond motifs is 1. The lowest BCUT2D eigenvalue weighted by Gasteiger charge is -2.35. The number of methoxy groups -OCH3 is 1. The number of anilines is 1. The van der Waals surface area contributed by atoms with Crippen molar-refractivity contribution in [3.63, 3.8) is 0 Å². The lowest BCUT2D eigenvalue weighted by atomic mass is 9.98. The first-order valence-corrected chi connectivity index (χ1v) is 12.2. The van der Waals surface area contributed by atoms with E-state index >= 15 is 0 Å². The Morgan fingerprint density at radius 1 is 1.28 bits per heavy atom. The van der Waals surface area contributed by atoms with Crippen LogP contribution in [0.3, 0.4) is 0 Å². The summed E-state index contributed by atoms with van der Waals surface area (Å²) in [6.45, 7) is 7.72. The molecule has 7 heteroatoms. The fourth-order valence-corrected chi connectivity index (χ4v) is 4.65. The second-order valence-electron chi connectivity index (χ2n) is 9.47. The number of piperidine rings is 1. The average molecular weight is 484 g/mol. The standard InChI is InChI=1S/C29H33N5O2/c1-19(16-30)17-31-28-23(18-36-4)11-9-21-8-10-22(15-25(21)28)26-6-5-7-27(33-26)29(35)32-24-12-13-34(3)20(2)14-24/h5-11,15,20,24,31H,1,12-14,17-18H2,2-4H3,(H,32,35)/t20-,24+/m0/s1. The summed E-state index contributed by atoms with van der Waals surface area (Å²) in [7, 11) is 3.78. The predicted molar refractivity (Wildman–Crippen MR) is 144 cm³/mol. The molecular weight excluding hydrogens is 450 g/mol. The van der Waals surface area contributed by atoms with Gasteiger partial charge in [-0.15, -0.1) is 0 Å². The number of hydrogen-bond donors (Lipinski definition) is 2. The summed E-state index contributed by atoms with van der Waals surface area (Å²) >= 11 is 0. The molecule has 1 aromatic heterocycles. The molecule has 4 rings (SSSR count). The van der Waals surface area contributed by atoms with E-state index in [0.717, 1.165) is 52.7 Å². The number of nitrogens with one attached hydrogen (secondary N) is 2. The molecule has 7 nitrogen and oxygen atoms in total. The molecule has 0 aliphatic carbocycles. The van der Waals surface area contributed by atoms with Crippen molar-refractivity contribution in [2.75, 3.05) is 32.6 Å². The maximum atomic E-state index is 13.0. The van der Waals surface area contributed by atoms with E-state index in [1.807, 2.05) is 30.3 Å². The number of aromatic nitrogens is 1. The van der Waals surface area contributed by atoms with Crippen LogP contribution in [0.2, 0.25) is 0 Å². The van der Waals surface area contributed by atoms with Gasteiger partial charge in [-0.25, -0.2) is 4.98 Å². The zero-order chi connectivity index (χ0) is 25.7. The van der Waals surface area contributed by atoms with Gasteiger partial charge in [0.15, 0.2) is 0 Å². The van der Waals surface area contributed by atoms with Gasteiger partial charge in [-0.05, 0) is 50.4 Å². The number of carbonyl (C=O) groups excluding carboxylic acids is 1. The molecule has 1 saturated heterocycles. The molecule has 1 aliphatic rings. The van der Waals surface area contributed by atoms with Crippen LogP contribution in [0, 0.1) is 11.3 Å². The van der Waals surface area contributed by atoms with Gasteiger partial charge in [0.05, 0.1) is 18.4 Å². The first-order chi connectivity index (χ1) is 17.4. The number of hydrogen-bond acceptors (Lipinski definition) is 6. The Balaban J connectivity index is 1.63. The van der Waals surface area contributed by atoms with Crippen molar-refractivity contribution in [1.82, 2.24) is 15.2 Å². The van der Waals surface area contributed by atoms with Crippen LogP contribution >= 0.6 is 0 Å². The Morgan fingerprint density at radius 3 is 2.83 bits per heavy atom. The number of benzene rings is 2. The van der Waals surface area contributed by atoms with Crippen LogP contribution in [0.25, 0.3) is 22.0 Å². The molecule has 1 aliphatic heterocycles. The number of rotatable bonds is 8. The molecule has 2 N–H and O–H groups in total. The summed E-state index contributed by atoms with van der Waals surface area (Å²) in [5.41, 5.74) is 4.38. The monoisotopic (exact) mass is 483 g/mol. The van der Waals surface area contributed by atoms with Crippen LogP contribution in [0.1, 0.15) is 35.8 Å². The zero-order valence-corrected chi connectivity index (χ0v) is 21.2. The number of amides is 1. The molecule has 3 aromatic rings. The van der Waals surface area contributed by atoms with Gasteiger partial charge in [-0.3, -0.25) is 4.79 Å². The minimum Gasteiger partial charge on any atom is -0.380 e. The van der Waals surface area contributed by atoms with Crippen LogP contribution in [0.4, 0.5) is 5.69 Å². The highest BCUT2D eigenvalue weighted by Crippen LogP contribution is 2.32. The van der Waals surface area contributed by atoms with E-state index in [0.29, 0.717) is 30.5 Å². The number of nitriles is 1. The fourth-order valence-electron chi connectivity index (χ4n) is 4.65. The molecule has 0 bridgehead atoms. The van der Waals surface area contributed by atoms with Gasteiger partial charge in [0.1, 0.15) is 5.69 Å². The Hall–Kier alpha value is -3.73. The first kappa shape index (κ1) is 25.4. The smallest absolute Gasteiger partial charge is 0.270 e. The molecule has 186 valence electrons. The normalized spacial score (nSPS) is 17.9. The molecule has 2 heterocycles. The van der Waals surface area contributed by atoms with E-state index in [1.165, 1.54) is 0 Å². The van der Waals surface area contributed by atoms with E-state index < -0.39 is 0 Å². The van der Waals surface area contributed by atoms with E-state index in [4.69, 9.17) is 15.0 Å². The Morgan fingerprint density at radius 2 is 2.08 bits per heavy atom. The van der Waals surface area contributed by atoms with Crippen molar-refractivity contribution in [3.8, 4) is 17.3 Å². The molecule has 1 amide bonds. The number of carbonyl (C=O) groups is 1. The summed E-state index contributed by atoms with van der Waals surface area (Å²) < 4.78 is 5.40. The highest BCUT2D eigenvalue weighted by atomic mass is 16.5. The van der Waals surface area contributed by atoms with Gasteiger partial charge < -0.3 is 20.3 Å². The summed E-state index contributed by atoms with van der Waals surface area (Å²) in [5, 5.41) is 17.7. The topological polar surface area (TPSA) is 90.3 Å². The average Bonchev–Trinajstić information content (AvgIpc) is 2.89. The molecule has 0 unspecified atom stereocenters. The number of pyridine rings is 1. The fraction of sp³-hybridized carbons (Fsp3) is 0.345. The Kier molecular flexibility index (Phi) is 7.99. The maximum Gasteiger partial charge on any atom is 0.270 e. The largest absolute Gasteiger partial charge is 0.380 e. The molecule has 0 spiro atoms. The predicted octanol–water partition coefficient (Wildman–Crippen LogP) is 4.75. The van der Waals surface area contributed by atoms with Crippen LogP contribution < -0.4 is 10.6 Å². The van der Waals surface area contributed by atoms with E-state index in [9.17, 15) is 4.79 Å². The zero-order valence-electron chi connectivity index (χ0n) is 21.2. The Bertz CT molecular complexity index is 1310. The second kappa shape index (κ2) is 11.3. The summed E-state index contributed by atoms with van der Waals surface area (Å²) in [6, 6.07) is 18.4. The van der Waals surface area contributed by atoms with Crippen LogP contribution in [-0.2, 0) is 11.3 Å². The van der Waals surface area contributed by atoms with Gasteiger partial charge in [0, 0.05) is 60.1 Å². The maximum absolute atomic E-state index is 13.0. The van der Waals surface area contributed by atoms with Crippen molar-refractivity contribution in [2.45, 2.75) is 38.5 Å². The molecule has 36 heavy (non-hydrogen) atoms. The van der Waals surface area contributed by atoms with Crippen LogP contribution in [-0.4, -0.2) is 55.1 Å². The van der Waals surface area contributed by atoms with E-state index in [1.54, 1.807) is 13.2 Å². The van der Waals surface area contributed by atoms with Crippen molar-refractivity contribution in [1.29, 1.82) is 5.26 Å². The third kappa shape index (κ3) is 5.73. The third-order valence-electron chi connectivity index (χ3n) is 6.87. The van der Waals surface area contributed by atoms with Gasteiger partial charge in [0.2, 0.25) is 0 Å². The van der Waals surface area contributed by atoms with Gasteiger partial charge >= 0.3 is 0 Å². The lowest BCUT2D eigenvalue weighted by molar-refractivity contribution is 0.0891. The lowest BCUT2D eigenvalue weighted by Crippen LogP contribution is -2.47. The molecule has 1 fully saturated rings. The van der Waals surface area contributed by atoms with Crippen LogP contribution in [0.5, 0.6) is 0 Å². The first-order valence-electron chi connectivity index (χ1n) is 12.2. The molecule has 0 radical (unpaired) electrons. The molecular formula is C29H33N5O2. The molecule has 2 atom stereocenters. The summed E-state index contributed by atoms with van der Waals surface area (Å²) in [5.74, 6) is -0.140. The number of ether oxygens (including phenoxy) is 1. The Labute approximate surface area is 212 Å². The van der Waals surface area contributed by atoms with E-state index in [-0.39, 0.29) is 11.9 Å². The summed E-state index contributed by atoms with van der Waals surface area (Å²) in [4.78, 5) is 20.0. The van der Waals surface area contributed by atoms with Crippen LogP contribution in [0.15, 0.2) is 60.7 Å². The minimum atomic E-state index is -0.140.